The first-order valence-corrected chi connectivity index (χ1v) is 4.06. The average Bonchev–Trinajstić information content (AvgIpc) is 2.28. The predicted molar refractivity (Wildman–Crippen MR) is 47.5 cm³/mol. The zero-order chi connectivity index (χ0) is 8.27. The van der Waals surface area contributed by atoms with E-state index in [-0.39, 0.29) is 0 Å². The van der Waals surface area contributed by atoms with Crippen LogP contribution in [0.3, 0.4) is 0 Å². The molecule has 0 saturated heterocycles. The molecule has 2 nitrogen and oxygen atoms in total. The molecule has 1 aromatic heterocycles. The van der Waals surface area contributed by atoms with Gasteiger partial charge < -0.3 is 10.3 Å². The molecule has 2 heteroatoms. The van der Waals surface area contributed by atoms with Crippen LogP contribution >= 0.6 is 0 Å². The number of nitrogens with zero attached hydrogens (tertiary/aromatic N) is 1. The second-order valence-corrected chi connectivity index (χ2v) is 2.99. The van der Waals surface area contributed by atoms with Crippen LogP contribution < -0.4 is 5.73 Å². The molecule has 1 heterocycles. The molecule has 0 atom stereocenters. The molecule has 0 spiro atoms. The SMILES string of the molecule is Cc1cc(CCCN)cn1C. The molecule has 2 N–H and O–H groups in total. The Kier molecular flexibility index (Phi) is 2.71. The van der Waals surface area contributed by atoms with Crippen LogP contribution in [0, 0.1) is 6.92 Å². The van der Waals surface area contributed by atoms with E-state index in [9.17, 15) is 0 Å². The van der Waals surface area contributed by atoms with Crippen LogP contribution in [0.5, 0.6) is 0 Å². The Labute approximate surface area is 68.0 Å². The van der Waals surface area contributed by atoms with Crippen molar-refractivity contribution in [2.24, 2.45) is 12.8 Å². The summed E-state index contributed by atoms with van der Waals surface area (Å²) in [4.78, 5) is 0. The van der Waals surface area contributed by atoms with Crippen molar-refractivity contribution in [2.45, 2.75) is 19.8 Å². The first-order valence-electron chi connectivity index (χ1n) is 4.06. The fourth-order valence-corrected chi connectivity index (χ4v) is 1.20. The third kappa shape index (κ3) is 2.09. The monoisotopic (exact) mass is 152 g/mol. The first-order chi connectivity index (χ1) is 5.24. The molecule has 62 valence electrons. The zero-order valence-corrected chi connectivity index (χ0v) is 7.30. The molecule has 0 aliphatic carbocycles. The molecule has 0 bridgehead atoms. The summed E-state index contributed by atoms with van der Waals surface area (Å²) in [6.45, 7) is 2.90. The fraction of sp³-hybridized carbons (Fsp3) is 0.556. The van der Waals surface area contributed by atoms with E-state index in [1.165, 1.54) is 11.3 Å². The smallest absolute Gasteiger partial charge is 0.0143 e. The van der Waals surface area contributed by atoms with E-state index in [0.717, 1.165) is 19.4 Å². The maximum atomic E-state index is 5.41. The summed E-state index contributed by atoms with van der Waals surface area (Å²) in [5.74, 6) is 0. The Morgan fingerprint density at radius 3 is 2.73 bits per heavy atom. The quantitative estimate of drug-likeness (QED) is 0.693. The van der Waals surface area contributed by atoms with Crippen molar-refractivity contribution < 1.29 is 0 Å². The average molecular weight is 152 g/mol. The highest BCUT2D eigenvalue weighted by Crippen LogP contribution is 2.07. The lowest BCUT2D eigenvalue weighted by atomic mass is 10.2. The standard InChI is InChI=1S/C9H16N2/c1-8-6-9(4-3-5-10)7-11(8)2/h6-7H,3-5,10H2,1-2H3. The second-order valence-electron chi connectivity index (χ2n) is 2.99. The van der Waals surface area contributed by atoms with Gasteiger partial charge in [-0.05, 0) is 37.9 Å². The van der Waals surface area contributed by atoms with Gasteiger partial charge in [0.1, 0.15) is 0 Å². The minimum absolute atomic E-state index is 0.786. The van der Waals surface area contributed by atoms with Gasteiger partial charge in [0.25, 0.3) is 0 Å². The Bertz CT molecular complexity index is 206. The summed E-state index contributed by atoms with van der Waals surface area (Å²) < 4.78 is 2.14. The maximum Gasteiger partial charge on any atom is 0.0143 e. The van der Waals surface area contributed by atoms with Crippen molar-refractivity contribution in [2.75, 3.05) is 6.54 Å². The molecule has 0 fully saturated rings. The van der Waals surface area contributed by atoms with Gasteiger partial charge in [-0.25, -0.2) is 0 Å². The molecule has 1 rings (SSSR count). The van der Waals surface area contributed by atoms with Gasteiger partial charge >= 0.3 is 0 Å². The highest BCUT2D eigenvalue weighted by atomic mass is 14.9. The molecule has 0 aromatic carbocycles. The highest BCUT2D eigenvalue weighted by molar-refractivity contribution is 5.17. The molecular weight excluding hydrogens is 136 g/mol. The summed E-state index contributed by atoms with van der Waals surface area (Å²) in [7, 11) is 2.07. The van der Waals surface area contributed by atoms with Gasteiger partial charge in [-0.15, -0.1) is 0 Å². The van der Waals surface area contributed by atoms with Gasteiger partial charge in [-0.3, -0.25) is 0 Å². The van der Waals surface area contributed by atoms with Gasteiger partial charge in [0, 0.05) is 18.9 Å². The summed E-state index contributed by atoms with van der Waals surface area (Å²) in [5.41, 5.74) is 8.13. The minimum atomic E-state index is 0.786. The summed E-state index contributed by atoms with van der Waals surface area (Å²) in [6, 6.07) is 2.22. The predicted octanol–water partition coefficient (Wildman–Crippen LogP) is 1.22. The first kappa shape index (κ1) is 8.34. The van der Waals surface area contributed by atoms with E-state index in [1.54, 1.807) is 0 Å². The van der Waals surface area contributed by atoms with E-state index in [0.29, 0.717) is 0 Å². The Morgan fingerprint density at radius 1 is 1.55 bits per heavy atom. The van der Waals surface area contributed by atoms with E-state index < -0.39 is 0 Å². The van der Waals surface area contributed by atoms with Crippen molar-refractivity contribution in [3.8, 4) is 0 Å². The van der Waals surface area contributed by atoms with E-state index in [1.807, 2.05) is 0 Å². The van der Waals surface area contributed by atoms with Gasteiger partial charge in [-0.1, -0.05) is 0 Å². The zero-order valence-electron chi connectivity index (χ0n) is 7.30. The van der Waals surface area contributed by atoms with Crippen LogP contribution in [-0.2, 0) is 13.5 Å². The van der Waals surface area contributed by atoms with Gasteiger partial charge in [-0.2, -0.15) is 0 Å². The molecule has 0 amide bonds. The number of aromatic nitrogens is 1. The number of rotatable bonds is 3. The lowest BCUT2D eigenvalue weighted by Crippen LogP contribution is -1.99. The maximum absolute atomic E-state index is 5.41. The Morgan fingerprint density at radius 2 is 2.27 bits per heavy atom. The van der Waals surface area contributed by atoms with Crippen LogP contribution in [0.4, 0.5) is 0 Å². The van der Waals surface area contributed by atoms with E-state index in [2.05, 4.69) is 30.8 Å². The molecule has 1 aromatic rings. The molecule has 0 radical (unpaired) electrons. The molecule has 0 unspecified atom stereocenters. The van der Waals surface area contributed by atoms with Crippen molar-refractivity contribution >= 4 is 0 Å². The third-order valence-electron chi connectivity index (χ3n) is 1.98. The van der Waals surface area contributed by atoms with Crippen LogP contribution in [0.1, 0.15) is 17.7 Å². The number of nitrogens with two attached hydrogens (primary N) is 1. The van der Waals surface area contributed by atoms with E-state index >= 15 is 0 Å². The molecular formula is C9H16N2. The van der Waals surface area contributed by atoms with Crippen molar-refractivity contribution in [3.63, 3.8) is 0 Å². The fourth-order valence-electron chi connectivity index (χ4n) is 1.20. The highest BCUT2D eigenvalue weighted by Gasteiger charge is 1.96. The molecule has 11 heavy (non-hydrogen) atoms. The largest absolute Gasteiger partial charge is 0.354 e. The summed E-state index contributed by atoms with van der Waals surface area (Å²) >= 11 is 0. The van der Waals surface area contributed by atoms with Gasteiger partial charge in [0.05, 0.1) is 0 Å². The minimum Gasteiger partial charge on any atom is -0.354 e. The molecule has 0 aliphatic rings. The molecule has 0 aliphatic heterocycles. The summed E-state index contributed by atoms with van der Waals surface area (Å²) in [6.07, 6.45) is 4.37. The van der Waals surface area contributed by atoms with Gasteiger partial charge in [0.15, 0.2) is 0 Å². The van der Waals surface area contributed by atoms with Crippen LogP contribution in [0.25, 0.3) is 0 Å². The topological polar surface area (TPSA) is 30.9 Å². The van der Waals surface area contributed by atoms with Crippen LogP contribution in [-0.4, -0.2) is 11.1 Å². The van der Waals surface area contributed by atoms with Crippen LogP contribution in [0.15, 0.2) is 12.3 Å². The second kappa shape index (κ2) is 3.58. The van der Waals surface area contributed by atoms with Crippen LogP contribution in [0.2, 0.25) is 0 Å². The number of hydrogen-bond donors (Lipinski definition) is 1. The van der Waals surface area contributed by atoms with Gasteiger partial charge in [0.2, 0.25) is 0 Å². The van der Waals surface area contributed by atoms with Crippen molar-refractivity contribution in [1.82, 2.24) is 4.57 Å². The van der Waals surface area contributed by atoms with E-state index in [4.69, 9.17) is 5.73 Å². The number of hydrogen-bond acceptors (Lipinski definition) is 1. The normalized spacial score (nSPS) is 10.5. The van der Waals surface area contributed by atoms with Crippen molar-refractivity contribution in [3.05, 3.63) is 23.5 Å². The lowest BCUT2D eigenvalue weighted by Gasteiger charge is -1.92. The molecule has 0 saturated carbocycles. The lowest BCUT2D eigenvalue weighted by molar-refractivity contribution is 0.824. The summed E-state index contributed by atoms with van der Waals surface area (Å²) in [5, 5.41) is 0. The third-order valence-corrected chi connectivity index (χ3v) is 1.98. The Hall–Kier alpha value is -0.760. The number of aryl methyl sites for hydroxylation is 3. The Balaban J connectivity index is 2.58. The van der Waals surface area contributed by atoms with Crippen molar-refractivity contribution in [1.29, 1.82) is 0 Å².